The van der Waals surface area contributed by atoms with Crippen LogP contribution < -0.4 is 0 Å². The number of rotatable bonds is 10. The Morgan fingerprint density at radius 3 is 2.66 bits per heavy atom. The number of oxime groups is 1. The van der Waals surface area contributed by atoms with Crippen molar-refractivity contribution in [3.05, 3.63) is 83.2 Å². The Kier molecular flexibility index (Phi) is 7.81. The fourth-order valence-corrected chi connectivity index (χ4v) is 3.50. The maximum absolute atomic E-state index is 13.2. The molecule has 1 N–H and O–H groups in total. The number of nitrogens with zero attached hydrogens (tertiary/aromatic N) is 2. The molecule has 6 heteroatoms. The third-order valence-corrected chi connectivity index (χ3v) is 5.12. The van der Waals surface area contributed by atoms with Crippen LogP contribution in [0.4, 0.5) is 4.39 Å². The minimum atomic E-state index is -0.466. The molecule has 3 rings (SSSR count). The second-order valence-corrected chi connectivity index (χ2v) is 7.75. The summed E-state index contributed by atoms with van der Waals surface area (Å²) in [5.74, 6) is -0.258. The van der Waals surface area contributed by atoms with Crippen LogP contribution >= 0.6 is 11.6 Å². The van der Waals surface area contributed by atoms with Crippen LogP contribution in [0.25, 0.3) is 0 Å². The van der Waals surface area contributed by atoms with Gasteiger partial charge in [0.05, 0.1) is 11.8 Å². The number of benzene rings is 2. The summed E-state index contributed by atoms with van der Waals surface area (Å²) in [5, 5.41) is 15.3. The molecule has 0 saturated carbocycles. The van der Waals surface area contributed by atoms with Crippen LogP contribution in [0.3, 0.4) is 0 Å². The van der Waals surface area contributed by atoms with Gasteiger partial charge in [-0.2, -0.15) is 0 Å². The minimum absolute atomic E-state index is 0.104. The monoisotopic (exact) mass is 416 g/mol. The molecule has 2 aromatic carbocycles. The first-order valence-electron chi connectivity index (χ1n) is 9.78. The van der Waals surface area contributed by atoms with E-state index in [0.717, 1.165) is 23.3 Å². The lowest BCUT2D eigenvalue weighted by atomic mass is 10.0. The topological polar surface area (TPSA) is 45.1 Å². The van der Waals surface area contributed by atoms with Gasteiger partial charge in [-0.15, -0.1) is 6.58 Å². The van der Waals surface area contributed by atoms with E-state index < -0.39 is 6.10 Å². The number of aliphatic hydroxyl groups excluding tert-OH is 1. The standard InChI is InChI=1S/C23H26ClFN2O2/c1-2-3-4-21(28)15-27(14-17-5-11-20(25)12-6-17)16-22-13-23(26-29-22)18-7-9-19(24)10-8-18/h2,5-12,21-22,28H,1,3-4,13-16H2/t21-,22-/m1/s1. The van der Waals surface area contributed by atoms with E-state index in [1.165, 1.54) is 12.1 Å². The second-order valence-electron chi connectivity index (χ2n) is 7.32. The zero-order valence-corrected chi connectivity index (χ0v) is 17.1. The summed E-state index contributed by atoms with van der Waals surface area (Å²) in [4.78, 5) is 7.79. The number of halogens is 2. The fraction of sp³-hybridized carbons (Fsp3) is 0.348. The molecule has 4 nitrogen and oxygen atoms in total. The molecular formula is C23H26ClFN2O2. The maximum Gasteiger partial charge on any atom is 0.145 e. The van der Waals surface area contributed by atoms with Crippen molar-refractivity contribution in [2.24, 2.45) is 5.16 Å². The maximum atomic E-state index is 13.2. The van der Waals surface area contributed by atoms with E-state index >= 15 is 0 Å². The second kappa shape index (κ2) is 10.5. The Morgan fingerprint density at radius 1 is 1.24 bits per heavy atom. The highest BCUT2D eigenvalue weighted by atomic mass is 35.5. The Bertz CT molecular complexity index is 824. The average molecular weight is 417 g/mol. The van der Waals surface area contributed by atoms with E-state index in [2.05, 4.69) is 16.6 Å². The van der Waals surface area contributed by atoms with Gasteiger partial charge in [0, 0.05) is 31.1 Å². The van der Waals surface area contributed by atoms with E-state index in [-0.39, 0.29) is 11.9 Å². The molecule has 0 saturated heterocycles. The number of allylic oxidation sites excluding steroid dienone is 1. The summed E-state index contributed by atoms with van der Waals surface area (Å²) in [6.07, 6.45) is 3.33. The molecule has 1 aliphatic rings. The van der Waals surface area contributed by atoms with Crippen molar-refractivity contribution in [2.45, 2.75) is 38.0 Å². The number of aliphatic hydroxyl groups is 1. The Hall–Kier alpha value is -2.21. The molecule has 1 aliphatic heterocycles. The normalized spacial score (nSPS) is 17.1. The molecule has 0 aromatic heterocycles. The van der Waals surface area contributed by atoms with E-state index in [1.54, 1.807) is 18.2 Å². The Labute approximate surface area is 176 Å². The molecule has 154 valence electrons. The highest BCUT2D eigenvalue weighted by Crippen LogP contribution is 2.20. The summed E-state index contributed by atoms with van der Waals surface area (Å²) in [6, 6.07) is 14.0. The van der Waals surface area contributed by atoms with Crippen molar-refractivity contribution < 1.29 is 14.3 Å². The zero-order valence-electron chi connectivity index (χ0n) is 16.3. The third-order valence-electron chi connectivity index (χ3n) is 4.86. The smallest absolute Gasteiger partial charge is 0.145 e. The van der Waals surface area contributed by atoms with Crippen LogP contribution in [0.5, 0.6) is 0 Å². The molecular weight excluding hydrogens is 391 g/mol. The van der Waals surface area contributed by atoms with Gasteiger partial charge in [0.1, 0.15) is 11.9 Å². The molecule has 0 amide bonds. The zero-order chi connectivity index (χ0) is 20.6. The molecule has 0 aliphatic carbocycles. The average Bonchev–Trinajstić information content (AvgIpc) is 3.17. The Balaban J connectivity index is 1.62. The predicted molar refractivity (Wildman–Crippen MR) is 115 cm³/mol. The van der Waals surface area contributed by atoms with E-state index in [4.69, 9.17) is 16.4 Å². The first-order chi connectivity index (χ1) is 14.0. The first kappa shape index (κ1) is 21.5. The van der Waals surface area contributed by atoms with Crippen LogP contribution in [-0.4, -0.2) is 41.0 Å². The molecule has 29 heavy (non-hydrogen) atoms. The van der Waals surface area contributed by atoms with E-state index in [1.807, 2.05) is 24.3 Å². The SMILES string of the molecule is C=CCC[C@@H](O)CN(Cc1ccc(F)cc1)C[C@H]1CC(c2ccc(Cl)cc2)=NO1. The molecule has 0 radical (unpaired) electrons. The van der Waals surface area contributed by atoms with E-state index in [9.17, 15) is 9.50 Å². The van der Waals surface area contributed by atoms with Crippen molar-refractivity contribution in [3.63, 3.8) is 0 Å². The van der Waals surface area contributed by atoms with E-state index in [0.29, 0.717) is 37.5 Å². The van der Waals surface area contributed by atoms with Crippen molar-refractivity contribution in [1.82, 2.24) is 4.90 Å². The van der Waals surface area contributed by atoms with Crippen LogP contribution in [0.2, 0.25) is 5.02 Å². The Morgan fingerprint density at radius 2 is 1.97 bits per heavy atom. The third kappa shape index (κ3) is 6.67. The predicted octanol–water partition coefficient (Wildman–Crippen LogP) is 4.80. The van der Waals surface area contributed by atoms with Gasteiger partial charge in [-0.05, 0) is 48.2 Å². The van der Waals surface area contributed by atoms with Gasteiger partial charge in [0.25, 0.3) is 0 Å². The largest absolute Gasteiger partial charge is 0.392 e. The molecule has 0 spiro atoms. The van der Waals surface area contributed by atoms with Gasteiger partial charge < -0.3 is 9.94 Å². The molecule has 2 aromatic rings. The van der Waals surface area contributed by atoms with Crippen LogP contribution in [0.1, 0.15) is 30.4 Å². The number of hydrogen-bond donors (Lipinski definition) is 1. The molecule has 2 atom stereocenters. The molecule has 1 heterocycles. The lowest BCUT2D eigenvalue weighted by molar-refractivity contribution is 0.0308. The van der Waals surface area contributed by atoms with Gasteiger partial charge in [-0.25, -0.2) is 4.39 Å². The van der Waals surface area contributed by atoms with Crippen LogP contribution in [0, 0.1) is 5.82 Å². The van der Waals surface area contributed by atoms with Gasteiger partial charge in [0.15, 0.2) is 0 Å². The summed E-state index contributed by atoms with van der Waals surface area (Å²) in [7, 11) is 0. The van der Waals surface area contributed by atoms with Gasteiger partial charge in [0.2, 0.25) is 0 Å². The summed E-state index contributed by atoms with van der Waals surface area (Å²) >= 11 is 5.96. The highest BCUT2D eigenvalue weighted by Gasteiger charge is 2.25. The quantitative estimate of drug-likeness (QED) is 0.566. The minimum Gasteiger partial charge on any atom is -0.392 e. The van der Waals surface area contributed by atoms with Crippen molar-refractivity contribution >= 4 is 17.3 Å². The van der Waals surface area contributed by atoms with Gasteiger partial charge >= 0.3 is 0 Å². The van der Waals surface area contributed by atoms with Crippen molar-refractivity contribution in [1.29, 1.82) is 0 Å². The number of hydrogen-bond acceptors (Lipinski definition) is 4. The molecule has 0 fully saturated rings. The van der Waals surface area contributed by atoms with Crippen LogP contribution in [-0.2, 0) is 11.4 Å². The summed E-state index contributed by atoms with van der Waals surface area (Å²) in [5.41, 5.74) is 2.87. The first-order valence-corrected chi connectivity index (χ1v) is 10.2. The highest BCUT2D eigenvalue weighted by molar-refractivity contribution is 6.30. The van der Waals surface area contributed by atoms with Gasteiger partial charge in [-0.1, -0.05) is 47.1 Å². The van der Waals surface area contributed by atoms with Crippen LogP contribution in [0.15, 0.2) is 66.3 Å². The lowest BCUT2D eigenvalue weighted by Gasteiger charge is -2.27. The molecule has 0 bridgehead atoms. The molecule has 0 unspecified atom stereocenters. The fourth-order valence-electron chi connectivity index (χ4n) is 3.38. The summed E-state index contributed by atoms with van der Waals surface area (Å²) < 4.78 is 13.2. The summed E-state index contributed by atoms with van der Waals surface area (Å²) in [6.45, 7) is 5.42. The van der Waals surface area contributed by atoms with Crippen molar-refractivity contribution in [3.8, 4) is 0 Å². The van der Waals surface area contributed by atoms with Gasteiger partial charge in [-0.3, -0.25) is 4.90 Å². The van der Waals surface area contributed by atoms with Crippen molar-refractivity contribution in [2.75, 3.05) is 13.1 Å². The lowest BCUT2D eigenvalue weighted by Crippen LogP contribution is -2.37.